The van der Waals surface area contributed by atoms with Gasteiger partial charge in [0.2, 0.25) is 0 Å². The van der Waals surface area contributed by atoms with Gasteiger partial charge in [-0.15, -0.1) is 0 Å². The first-order valence-corrected chi connectivity index (χ1v) is 7.80. The highest BCUT2D eigenvalue weighted by Crippen LogP contribution is 2.40. The molecule has 0 saturated carbocycles. The van der Waals surface area contributed by atoms with E-state index in [1.165, 1.54) is 0 Å². The van der Waals surface area contributed by atoms with Crippen LogP contribution in [0.5, 0.6) is 0 Å². The fourth-order valence-corrected chi connectivity index (χ4v) is 2.66. The number of nitrogens with two attached hydrogens (primary N) is 1. The summed E-state index contributed by atoms with van der Waals surface area (Å²) in [7, 11) is -4.03. The molecule has 0 bridgehead atoms. The molecule has 2 atom stereocenters. The summed E-state index contributed by atoms with van der Waals surface area (Å²) in [6.45, 7) is 3.22. The van der Waals surface area contributed by atoms with Gasteiger partial charge >= 0.3 is 10.3 Å². The smallest absolute Gasteiger partial charge is 0.333 e. The fourth-order valence-electron chi connectivity index (χ4n) is 2.09. The van der Waals surface area contributed by atoms with Gasteiger partial charge in [0.15, 0.2) is 5.79 Å². The van der Waals surface area contributed by atoms with Crippen molar-refractivity contribution in [2.24, 2.45) is 5.14 Å². The molecule has 0 unspecified atom stereocenters. The number of hydrogen-bond acceptors (Lipinski definition) is 5. The molecule has 1 aromatic carbocycles. The second kappa shape index (κ2) is 5.59. The highest BCUT2D eigenvalue weighted by molar-refractivity contribution is 7.84. The summed E-state index contributed by atoms with van der Waals surface area (Å²) in [5.74, 6) is -0.865. The van der Waals surface area contributed by atoms with Crippen LogP contribution in [0, 0.1) is 0 Å². The summed E-state index contributed by atoms with van der Waals surface area (Å²) in [6.07, 6.45) is -1.15. The summed E-state index contributed by atoms with van der Waals surface area (Å²) in [4.78, 5) is 0. The number of benzene rings is 1. The van der Waals surface area contributed by atoms with Crippen LogP contribution < -0.4 is 5.14 Å². The Bertz CT molecular complexity index is 589. The van der Waals surface area contributed by atoms with Crippen molar-refractivity contribution in [1.29, 1.82) is 0 Å². The van der Waals surface area contributed by atoms with Gasteiger partial charge in [0.05, 0.1) is 6.61 Å². The summed E-state index contributed by atoms with van der Waals surface area (Å²) < 4.78 is 37.8. The minimum absolute atomic E-state index is 0.238. The van der Waals surface area contributed by atoms with E-state index in [0.29, 0.717) is 10.6 Å². The third-order valence-corrected chi connectivity index (χ3v) is 3.60. The van der Waals surface area contributed by atoms with Crippen molar-refractivity contribution in [1.82, 2.24) is 0 Å². The molecular weight excluding hydrogens is 306 g/mol. The molecule has 0 aromatic heterocycles. The highest BCUT2D eigenvalue weighted by Gasteiger charge is 2.43. The predicted molar refractivity (Wildman–Crippen MR) is 73.3 cm³/mol. The maximum absolute atomic E-state index is 10.9. The average Bonchev–Trinajstić information content (AvgIpc) is 2.62. The molecule has 8 heteroatoms. The van der Waals surface area contributed by atoms with Gasteiger partial charge in [-0.1, -0.05) is 29.8 Å². The van der Waals surface area contributed by atoms with Crippen LogP contribution in [0.15, 0.2) is 24.3 Å². The van der Waals surface area contributed by atoms with Crippen LogP contribution in [0.4, 0.5) is 0 Å². The highest BCUT2D eigenvalue weighted by atomic mass is 35.5. The molecular formula is C12H16ClNO5S. The van der Waals surface area contributed by atoms with Crippen LogP contribution >= 0.6 is 11.6 Å². The van der Waals surface area contributed by atoms with Gasteiger partial charge in [0.1, 0.15) is 12.2 Å². The molecule has 0 radical (unpaired) electrons. The fraction of sp³-hybridized carbons (Fsp3) is 0.500. The van der Waals surface area contributed by atoms with Gasteiger partial charge in [-0.3, -0.25) is 4.18 Å². The Kier molecular flexibility index (Phi) is 4.38. The molecule has 1 aliphatic rings. The van der Waals surface area contributed by atoms with Gasteiger partial charge in [-0.05, 0) is 19.9 Å². The first-order chi connectivity index (χ1) is 9.18. The molecule has 1 aliphatic heterocycles. The van der Waals surface area contributed by atoms with Crippen molar-refractivity contribution in [2.75, 3.05) is 6.61 Å². The first-order valence-electron chi connectivity index (χ1n) is 5.95. The molecule has 1 fully saturated rings. The molecule has 2 rings (SSSR count). The zero-order valence-electron chi connectivity index (χ0n) is 11.1. The minimum atomic E-state index is -4.03. The zero-order valence-corrected chi connectivity index (χ0v) is 12.6. The number of halogens is 1. The van der Waals surface area contributed by atoms with Crippen LogP contribution in [0.1, 0.15) is 25.5 Å². The minimum Gasteiger partial charge on any atom is -0.342 e. The zero-order chi connectivity index (χ0) is 15.0. The van der Waals surface area contributed by atoms with E-state index >= 15 is 0 Å². The van der Waals surface area contributed by atoms with Crippen LogP contribution in [0.2, 0.25) is 5.02 Å². The maximum atomic E-state index is 10.9. The van der Waals surface area contributed by atoms with Crippen LogP contribution in [0.25, 0.3) is 0 Å². The van der Waals surface area contributed by atoms with E-state index in [1.54, 1.807) is 32.0 Å². The summed E-state index contributed by atoms with van der Waals surface area (Å²) >= 11 is 6.13. The van der Waals surface area contributed by atoms with Gasteiger partial charge in [-0.2, -0.15) is 8.42 Å². The van der Waals surface area contributed by atoms with Gasteiger partial charge in [-0.25, -0.2) is 5.14 Å². The van der Waals surface area contributed by atoms with E-state index in [1.807, 2.05) is 6.07 Å². The molecule has 0 amide bonds. The first kappa shape index (κ1) is 15.7. The largest absolute Gasteiger partial charge is 0.342 e. The van der Waals surface area contributed by atoms with Crippen molar-refractivity contribution in [2.45, 2.75) is 31.8 Å². The molecule has 0 spiro atoms. The third-order valence-electron chi connectivity index (χ3n) is 2.79. The summed E-state index contributed by atoms with van der Waals surface area (Å²) in [5, 5.41) is 5.34. The quantitative estimate of drug-likeness (QED) is 0.912. The number of rotatable bonds is 4. The van der Waals surface area contributed by atoms with Crippen LogP contribution in [0.3, 0.4) is 0 Å². The molecule has 1 aromatic rings. The van der Waals surface area contributed by atoms with Gasteiger partial charge in [0.25, 0.3) is 0 Å². The standard InChI is InChI=1S/C12H16ClNO5S/c1-12(2)18-10(7-17-20(14,15)16)11(19-12)8-5-3-4-6-9(8)13/h3-6,10-11H,7H2,1-2H3,(H2,14,15,16)/t10-,11+/m0/s1. The summed E-state index contributed by atoms with van der Waals surface area (Å²) in [6, 6.07) is 7.13. The predicted octanol–water partition coefficient (Wildman–Crippen LogP) is 1.75. The topological polar surface area (TPSA) is 87.9 Å². The van der Waals surface area contributed by atoms with E-state index in [2.05, 4.69) is 4.18 Å². The average molecular weight is 322 g/mol. The molecule has 6 nitrogen and oxygen atoms in total. The Balaban J connectivity index is 2.23. The van der Waals surface area contributed by atoms with Crippen molar-refractivity contribution in [3.8, 4) is 0 Å². The maximum Gasteiger partial charge on any atom is 0.333 e. The molecule has 1 heterocycles. The van der Waals surface area contributed by atoms with Crippen molar-refractivity contribution in [3.05, 3.63) is 34.9 Å². The van der Waals surface area contributed by atoms with E-state index in [9.17, 15) is 8.42 Å². The van der Waals surface area contributed by atoms with Crippen LogP contribution in [-0.4, -0.2) is 26.9 Å². The Hall–Kier alpha value is -0.700. The lowest BCUT2D eigenvalue weighted by atomic mass is 10.1. The number of hydrogen-bond donors (Lipinski definition) is 1. The third kappa shape index (κ3) is 3.91. The summed E-state index contributed by atoms with van der Waals surface area (Å²) in [5.41, 5.74) is 0.711. The van der Waals surface area contributed by atoms with E-state index < -0.39 is 28.3 Å². The van der Waals surface area contributed by atoms with Crippen molar-refractivity contribution >= 4 is 21.9 Å². The molecule has 20 heavy (non-hydrogen) atoms. The Morgan fingerprint density at radius 2 is 2.00 bits per heavy atom. The SMILES string of the molecule is CC1(C)O[C@@H](COS(N)(=O)=O)[C@@H](c2ccccc2Cl)O1. The van der Waals surface area contributed by atoms with Crippen molar-refractivity contribution < 1.29 is 22.1 Å². The second-order valence-corrected chi connectivity index (χ2v) is 6.52. The monoisotopic (exact) mass is 321 g/mol. The lowest BCUT2D eigenvalue weighted by Gasteiger charge is -2.17. The Labute approximate surface area is 123 Å². The van der Waals surface area contributed by atoms with E-state index in [0.717, 1.165) is 0 Å². The second-order valence-electron chi connectivity index (χ2n) is 4.89. The van der Waals surface area contributed by atoms with E-state index in [4.69, 9.17) is 26.2 Å². The lowest BCUT2D eigenvalue weighted by Crippen LogP contribution is -2.28. The van der Waals surface area contributed by atoms with E-state index in [-0.39, 0.29) is 6.61 Å². The van der Waals surface area contributed by atoms with Gasteiger partial charge < -0.3 is 9.47 Å². The number of ether oxygens (including phenoxy) is 2. The Morgan fingerprint density at radius 1 is 1.35 bits per heavy atom. The molecule has 0 aliphatic carbocycles. The molecule has 1 saturated heterocycles. The lowest BCUT2D eigenvalue weighted by molar-refractivity contribution is -0.148. The molecule has 112 valence electrons. The van der Waals surface area contributed by atoms with Crippen LogP contribution in [-0.2, 0) is 24.0 Å². The molecule has 2 N–H and O–H groups in total. The Morgan fingerprint density at radius 3 is 2.60 bits per heavy atom. The van der Waals surface area contributed by atoms with Gasteiger partial charge in [0, 0.05) is 10.6 Å². The normalized spacial score (nSPS) is 25.8. The van der Waals surface area contributed by atoms with Crippen molar-refractivity contribution in [3.63, 3.8) is 0 Å².